The number of benzene rings is 1. The number of aromatic nitrogens is 3. The Morgan fingerprint density at radius 2 is 2.28 bits per heavy atom. The van der Waals surface area contributed by atoms with Gasteiger partial charge < -0.3 is 15.0 Å². The third-order valence-electron chi connectivity index (χ3n) is 5.61. The average Bonchev–Trinajstić information content (AvgIpc) is 3.29. The van der Waals surface area contributed by atoms with Crippen LogP contribution in [0.2, 0.25) is 0 Å². The molecule has 3 heterocycles. The van der Waals surface area contributed by atoms with Crippen molar-refractivity contribution in [2.75, 3.05) is 40.3 Å². The number of ether oxygens (including phenoxy) is 1. The van der Waals surface area contributed by atoms with Crippen molar-refractivity contribution in [1.82, 2.24) is 30.3 Å². The SMILES string of the molecule is Cc1nc([C@H]2CCN(Cc3ccc4c(c3)CCO4)C[C@H]2NC(=O)CN(C)C)n[nH]1. The predicted octanol–water partition coefficient (Wildman–Crippen LogP) is 1.08. The Kier molecular flexibility index (Phi) is 5.82. The van der Waals surface area contributed by atoms with Crippen molar-refractivity contribution in [2.45, 2.75) is 38.3 Å². The van der Waals surface area contributed by atoms with E-state index in [9.17, 15) is 4.79 Å². The smallest absolute Gasteiger partial charge is 0.234 e. The minimum absolute atomic E-state index is 0.0100. The second-order valence-corrected chi connectivity index (χ2v) is 8.36. The third-order valence-corrected chi connectivity index (χ3v) is 5.61. The average molecular weight is 399 g/mol. The van der Waals surface area contributed by atoms with E-state index in [0.717, 1.165) is 56.5 Å². The molecule has 2 aromatic rings. The summed E-state index contributed by atoms with van der Waals surface area (Å²) in [6.07, 6.45) is 1.90. The van der Waals surface area contributed by atoms with Crippen molar-refractivity contribution in [1.29, 1.82) is 0 Å². The van der Waals surface area contributed by atoms with E-state index in [-0.39, 0.29) is 17.9 Å². The molecule has 1 aromatic carbocycles. The topological polar surface area (TPSA) is 86.4 Å². The zero-order valence-corrected chi connectivity index (χ0v) is 17.4. The maximum Gasteiger partial charge on any atom is 0.234 e. The van der Waals surface area contributed by atoms with Crippen LogP contribution in [-0.4, -0.2) is 77.3 Å². The number of hydrogen-bond acceptors (Lipinski definition) is 6. The predicted molar refractivity (Wildman–Crippen MR) is 110 cm³/mol. The summed E-state index contributed by atoms with van der Waals surface area (Å²) in [5, 5.41) is 10.5. The maximum atomic E-state index is 12.5. The summed E-state index contributed by atoms with van der Waals surface area (Å²) in [7, 11) is 3.81. The van der Waals surface area contributed by atoms with Gasteiger partial charge in [-0.1, -0.05) is 12.1 Å². The number of carbonyl (C=O) groups is 1. The van der Waals surface area contributed by atoms with Gasteiger partial charge in [0.1, 0.15) is 11.6 Å². The van der Waals surface area contributed by atoms with Gasteiger partial charge in [-0.2, -0.15) is 5.10 Å². The highest BCUT2D eigenvalue weighted by Gasteiger charge is 2.34. The Balaban J connectivity index is 1.46. The van der Waals surface area contributed by atoms with Gasteiger partial charge in [0.25, 0.3) is 0 Å². The van der Waals surface area contributed by atoms with Crippen LogP contribution in [0.5, 0.6) is 5.75 Å². The first-order valence-corrected chi connectivity index (χ1v) is 10.3. The van der Waals surface area contributed by atoms with Gasteiger partial charge in [0.2, 0.25) is 5.91 Å². The van der Waals surface area contributed by atoms with Crippen molar-refractivity contribution in [3.05, 3.63) is 41.0 Å². The van der Waals surface area contributed by atoms with Gasteiger partial charge in [0, 0.05) is 25.4 Å². The van der Waals surface area contributed by atoms with E-state index >= 15 is 0 Å². The number of likely N-dealkylation sites (tertiary alicyclic amines) is 1. The quantitative estimate of drug-likeness (QED) is 0.757. The highest BCUT2D eigenvalue weighted by atomic mass is 16.5. The molecule has 8 heteroatoms. The van der Waals surface area contributed by atoms with E-state index in [0.29, 0.717) is 6.54 Å². The molecule has 0 unspecified atom stereocenters. The van der Waals surface area contributed by atoms with E-state index in [2.05, 4.69) is 43.6 Å². The molecule has 1 fully saturated rings. The summed E-state index contributed by atoms with van der Waals surface area (Å²) < 4.78 is 5.62. The van der Waals surface area contributed by atoms with Gasteiger partial charge in [-0.25, -0.2) is 4.98 Å². The molecule has 0 saturated carbocycles. The number of nitrogens with one attached hydrogen (secondary N) is 2. The highest BCUT2D eigenvalue weighted by Crippen LogP contribution is 2.29. The number of nitrogens with zero attached hydrogens (tertiary/aromatic N) is 4. The van der Waals surface area contributed by atoms with Crippen LogP contribution >= 0.6 is 0 Å². The Morgan fingerprint density at radius 3 is 3.03 bits per heavy atom. The number of carbonyl (C=O) groups excluding carboxylic acids is 1. The second kappa shape index (κ2) is 8.51. The monoisotopic (exact) mass is 398 g/mol. The third kappa shape index (κ3) is 4.76. The molecule has 0 spiro atoms. The molecule has 2 aliphatic rings. The van der Waals surface area contributed by atoms with Crippen LogP contribution in [0, 0.1) is 6.92 Å². The summed E-state index contributed by atoms with van der Waals surface area (Å²) in [6, 6.07) is 6.47. The molecular formula is C21H30N6O2. The van der Waals surface area contributed by atoms with E-state index in [1.165, 1.54) is 11.1 Å². The van der Waals surface area contributed by atoms with Gasteiger partial charge >= 0.3 is 0 Å². The Bertz CT molecular complexity index is 865. The lowest BCUT2D eigenvalue weighted by Crippen LogP contribution is -2.53. The Labute approximate surface area is 171 Å². The number of rotatable bonds is 6. The molecule has 4 rings (SSSR count). The standard InChI is InChI=1S/C21H30N6O2/c1-14-22-21(25-24-14)17-6-8-27(12-18(17)23-20(28)13-26(2)3)11-15-4-5-19-16(10-15)7-9-29-19/h4-5,10,17-18H,6-9,11-13H2,1-3H3,(H,23,28)(H,22,24,25)/t17-,18+/m0/s1. The maximum absolute atomic E-state index is 12.5. The molecule has 0 aliphatic carbocycles. The number of fused-ring (bicyclic) bond motifs is 1. The van der Waals surface area contributed by atoms with Crippen LogP contribution in [0.3, 0.4) is 0 Å². The summed E-state index contributed by atoms with van der Waals surface area (Å²) in [4.78, 5) is 21.3. The lowest BCUT2D eigenvalue weighted by atomic mass is 9.90. The zero-order chi connectivity index (χ0) is 20.4. The van der Waals surface area contributed by atoms with E-state index in [4.69, 9.17) is 4.74 Å². The first kappa shape index (κ1) is 19.8. The first-order valence-electron chi connectivity index (χ1n) is 10.3. The van der Waals surface area contributed by atoms with Crippen molar-refractivity contribution in [2.24, 2.45) is 0 Å². The summed E-state index contributed by atoms with van der Waals surface area (Å²) >= 11 is 0. The molecule has 0 bridgehead atoms. The Hall–Kier alpha value is -2.45. The molecule has 29 heavy (non-hydrogen) atoms. The summed E-state index contributed by atoms with van der Waals surface area (Å²) in [5.41, 5.74) is 2.59. The fourth-order valence-corrected chi connectivity index (χ4v) is 4.28. The van der Waals surface area contributed by atoms with Gasteiger partial charge in [0.05, 0.1) is 19.2 Å². The molecule has 2 atom stereocenters. The number of amides is 1. The molecule has 1 aromatic heterocycles. The molecule has 1 amide bonds. The number of aryl methyl sites for hydroxylation is 1. The van der Waals surface area contributed by atoms with Crippen molar-refractivity contribution >= 4 is 5.91 Å². The molecule has 2 aliphatic heterocycles. The molecule has 156 valence electrons. The summed E-state index contributed by atoms with van der Waals surface area (Å²) in [6.45, 7) is 5.66. The summed E-state index contributed by atoms with van der Waals surface area (Å²) in [5.74, 6) is 2.78. The van der Waals surface area contributed by atoms with Crippen LogP contribution in [-0.2, 0) is 17.8 Å². The first-order chi connectivity index (χ1) is 14.0. The molecule has 0 radical (unpaired) electrons. The normalized spacial score (nSPS) is 21.8. The minimum atomic E-state index is -0.0100. The zero-order valence-electron chi connectivity index (χ0n) is 17.4. The molecular weight excluding hydrogens is 368 g/mol. The van der Waals surface area contributed by atoms with Gasteiger partial charge in [-0.05, 0) is 51.2 Å². The van der Waals surface area contributed by atoms with Crippen molar-refractivity contribution < 1.29 is 9.53 Å². The van der Waals surface area contributed by atoms with Gasteiger partial charge in [-0.3, -0.25) is 14.8 Å². The van der Waals surface area contributed by atoms with Crippen LogP contribution in [0.15, 0.2) is 18.2 Å². The van der Waals surface area contributed by atoms with Crippen LogP contribution < -0.4 is 10.1 Å². The second-order valence-electron chi connectivity index (χ2n) is 8.36. The lowest BCUT2D eigenvalue weighted by molar-refractivity contribution is -0.123. The fourth-order valence-electron chi connectivity index (χ4n) is 4.28. The number of hydrogen-bond donors (Lipinski definition) is 2. The minimum Gasteiger partial charge on any atom is -0.493 e. The number of aromatic amines is 1. The Morgan fingerprint density at radius 1 is 1.41 bits per heavy atom. The van der Waals surface area contributed by atoms with Crippen LogP contribution in [0.1, 0.15) is 35.1 Å². The molecule has 8 nitrogen and oxygen atoms in total. The van der Waals surface area contributed by atoms with E-state index in [1.807, 2.05) is 25.9 Å². The van der Waals surface area contributed by atoms with Gasteiger partial charge in [-0.15, -0.1) is 0 Å². The van der Waals surface area contributed by atoms with Crippen LogP contribution in [0.25, 0.3) is 0 Å². The molecule has 1 saturated heterocycles. The lowest BCUT2D eigenvalue weighted by Gasteiger charge is -2.38. The van der Waals surface area contributed by atoms with E-state index < -0.39 is 0 Å². The van der Waals surface area contributed by atoms with Crippen LogP contribution in [0.4, 0.5) is 0 Å². The van der Waals surface area contributed by atoms with E-state index in [1.54, 1.807) is 0 Å². The van der Waals surface area contributed by atoms with Crippen molar-refractivity contribution in [3.8, 4) is 5.75 Å². The largest absolute Gasteiger partial charge is 0.493 e. The van der Waals surface area contributed by atoms with Gasteiger partial charge in [0.15, 0.2) is 5.82 Å². The fraction of sp³-hybridized carbons (Fsp3) is 0.571. The van der Waals surface area contributed by atoms with Crippen molar-refractivity contribution in [3.63, 3.8) is 0 Å². The molecule has 2 N–H and O–H groups in total. The highest BCUT2D eigenvalue weighted by molar-refractivity contribution is 5.78. The number of piperidine rings is 1. The number of likely N-dealkylation sites (N-methyl/N-ethyl adjacent to an activating group) is 1. The number of H-pyrrole nitrogens is 1.